The third-order valence-electron chi connectivity index (χ3n) is 4.48. The lowest BCUT2D eigenvalue weighted by molar-refractivity contribution is 0.130. The van der Waals surface area contributed by atoms with Crippen molar-refractivity contribution in [1.82, 2.24) is 15.0 Å². The van der Waals surface area contributed by atoms with Gasteiger partial charge in [0.1, 0.15) is 0 Å². The summed E-state index contributed by atoms with van der Waals surface area (Å²) >= 11 is 0. The second-order valence-electron chi connectivity index (χ2n) is 6.90. The molecule has 3 N–H and O–H groups in total. The molecule has 0 spiro atoms. The number of fused-ring (bicyclic) bond motifs is 2. The van der Waals surface area contributed by atoms with E-state index < -0.39 is 6.09 Å². The number of para-hydroxylation sites is 2. The van der Waals surface area contributed by atoms with Crippen molar-refractivity contribution in [2.24, 2.45) is 0 Å². The van der Waals surface area contributed by atoms with E-state index in [4.69, 9.17) is 4.74 Å². The number of hydrogen-bond acceptors (Lipinski definition) is 4. The minimum atomic E-state index is -0.504. The van der Waals surface area contributed by atoms with Gasteiger partial charge in [-0.1, -0.05) is 12.1 Å². The molecular weight excluding hydrogens is 356 g/mol. The average Bonchev–Trinajstić information content (AvgIpc) is 2.96. The van der Waals surface area contributed by atoms with Gasteiger partial charge in [-0.25, -0.2) is 9.78 Å². The van der Waals surface area contributed by atoms with E-state index in [0.717, 1.165) is 16.5 Å². The predicted octanol–water partition coefficient (Wildman–Crippen LogP) is 4.34. The fraction of sp³-hybridized carbons (Fsp3) is 0.190. The van der Waals surface area contributed by atoms with Crippen LogP contribution in [0.25, 0.3) is 33.3 Å². The van der Waals surface area contributed by atoms with Crippen LogP contribution in [-0.4, -0.2) is 27.1 Å². The normalized spacial score (nSPS) is 11.3. The zero-order valence-corrected chi connectivity index (χ0v) is 15.8. The summed E-state index contributed by atoms with van der Waals surface area (Å²) in [5.74, 6) is 0. The Morgan fingerprint density at radius 3 is 2.68 bits per heavy atom. The maximum Gasteiger partial charge on any atom is 0.411 e. The van der Waals surface area contributed by atoms with Gasteiger partial charge in [-0.05, 0) is 56.7 Å². The summed E-state index contributed by atoms with van der Waals surface area (Å²) in [5.41, 5.74) is 4.49. The van der Waals surface area contributed by atoms with Gasteiger partial charge in [0.25, 0.3) is 5.56 Å². The molecule has 0 saturated heterocycles. The van der Waals surface area contributed by atoms with Crippen molar-refractivity contribution in [3.63, 3.8) is 0 Å². The Labute approximate surface area is 160 Å². The summed E-state index contributed by atoms with van der Waals surface area (Å²) < 4.78 is 5.11. The smallest absolute Gasteiger partial charge is 0.411 e. The Hall–Kier alpha value is -3.61. The Balaban J connectivity index is 1.77. The van der Waals surface area contributed by atoms with Crippen LogP contribution >= 0.6 is 0 Å². The number of aromatic amines is 2. The molecule has 4 aromatic rings. The molecule has 0 aliphatic rings. The van der Waals surface area contributed by atoms with Crippen molar-refractivity contribution >= 4 is 33.7 Å². The number of carbonyl (C=O) groups excluding carboxylic acids is 1. The first-order valence-electron chi connectivity index (χ1n) is 9.02. The van der Waals surface area contributed by atoms with Crippen molar-refractivity contribution in [2.45, 2.75) is 26.9 Å². The zero-order chi connectivity index (χ0) is 19.8. The van der Waals surface area contributed by atoms with Gasteiger partial charge in [0.2, 0.25) is 0 Å². The van der Waals surface area contributed by atoms with Gasteiger partial charge < -0.3 is 14.7 Å². The molecule has 2 aromatic heterocycles. The molecule has 2 aromatic carbocycles. The number of aromatic nitrogens is 3. The largest absolute Gasteiger partial charge is 0.447 e. The highest BCUT2D eigenvalue weighted by atomic mass is 16.6. The molecule has 0 unspecified atom stereocenters. The number of benzene rings is 2. The number of nitrogens with one attached hydrogen (secondary N) is 3. The number of amides is 1. The molecule has 28 heavy (non-hydrogen) atoms. The second kappa shape index (κ2) is 6.84. The summed E-state index contributed by atoms with van der Waals surface area (Å²) in [6.07, 6.45) is -0.703. The van der Waals surface area contributed by atoms with Crippen LogP contribution in [0.2, 0.25) is 0 Å². The van der Waals surface area contributed by atoms with Crippen LogP contribution in [-0.2, 0) is 4.74 Å². The van der Waals surface area contributed by atoms with Gasteiger partial charge >= 0.3 is 6.09 Å². The summed E-state index contributed by atoms with van der Waals surface area (Å²) in [4.78, 5) is 35.1. The first-order valence-corrected chi connectivity index (χ1v) is 9.02. The van der Waals surface area contributed by atoms with Gasteiger partial charge in [-0.2, -0.15) is 0 Å². The number of aryl methyl sites for hydroxylation is 1. The van der Waals surface area contributed by atoms with E-state index in [0.29, 0.717) is 28.1 Å². The van der Waals surface area contributed by atoms with E-state index >= 15 is 0 Å². The van der Waals surface area contributed by atoms with E-state index in [1.54, 1.807) is 19.9 Å². The molecule has 7 heteroatoms. The first kappa shape index (κ1) is 17.8. The lowest BCUT2D eigenvalue weighted by Crippen LogP contribution is -2.17. The fourth-order valence-electron chi connectivity index (χ4n) is 3.20. The number of anilines is 1. The Morgan fingerprint density at radius 2 is 1.89 bits per heavy atom. The van der Waals surface area contributed by atoms with Crippen LogP contribution in [0.4, 0.5) is 10.5 Å². The minimum Gasteiger partial charge on any atom is -0.447 e. The highest BCUT2D eigenvalue weighted by Gasteiger charge is 2.16. The van der Waals surface area contributed by atoms with Gasteiger partial charge in [0.05, 0.1) is 22.8 Å². The molecular formula is C21H20N4O3. The molecule has 2 heterocycles. The number of rotatable bonds is 3. The van der Waals surface area contributed by atoms with Gasteiger partial charge in [-0.3, -0.25) is 10.1 Å². The molecule has 1 amide bonds. The van der Waals surface area contributed by atoms with E-state index in [1.165, 1.54) is 0 Å². The van der Waals surface area contributed by atoms with Crippen molar-refractivity contribution in [3.8, 4) is 11.4 Å². The molecule has 0 bridgehead atoms. The first-order chi connectivity index (χ1) is 13.4. The van der Waals surface area contributed by atoms with Crippen LogP contribution in [0.3, 0.4) is 0 Å². The maximum atomic E-state index is 12.6. The van der Waals surface area contributed by atoms with Crippen molar-refractivity contribution < 1.29 is 9.53 Å². The summed E-state index contributed by atoms with van der Waals surface area (Å²) in [7, 11) is 0. The van der Waals surface area contributed by atoms with Crippen LogP contribution in [0.1, 0.15) is 19.4 Å². The molecule has 0 aliphatic carbocycles. The summed E-state index contributed by atoms with van der Waals surface area (Å²) in [6, 6.07) is 12.9. The summed E-state index contributed by atoms with van der Waals surface area (Å²) in [6.45, 7) is 5.50. The molecule has 0 atom stereocenters. The number of H-pyrrole nitrogens is 2. The van der Waals surface area contributed by atoms with Crippen LogP contribution in [0.15, 0.2) is 47.3 Å². The highest BCUT2D eigenvalue weighted by molar-refractivity contribution is 5.95. The average molecular weight is 376 g/mol. The standard InChI is InChI=1S/C21H20N4O3/c1-11(2)28-21(27)22-13-8-9-15-14(10-13)12(3)18(23-15)19-20(26)25-17-7-5-4-6-16(17)24-19/h4-11,23H,1-3H3,(H,22,27)(H,25,26). The third-order valence-corrected chi connectivity index (χ3v) is 4.48. The maximum absolute atomic E-state index is 12.6. The van der Waals surface area contributed by atoms with Crippen LogP contribution in [0.5, 0.6) is 0 Å². The van der Waals surface area contributed by atoms with E-state index in [1.807, 2.05) is 43.3 Å². The fourth-order valence-corrected chi connectivity index (χ4v) is 3.20. The molecule has 0 saturated carbocycles. The minimum absolute atomic E-state index is 0.199. The Morgan fingerprint density at radius 1 is 1.11 bits per heavy atom. The Kier molecular flexibility index (Phi) is 4.35. The molecule has 0 aliphatic heterocycles. The highest BCUT2D eigenvalue weighted by Crippen LogP contribution is 2.29. The van der Waals surface area contributed by atoms with E-state index in [2.05, 4.69) is 20.3 Å². The summed E-state index contributed by atoms with van der Waals surface area (Å²) in [5, 5.41) is 3.61. The lowest BCUT2D eigenvalue weighted by Gasteiger charge is -2.09. The van der Waals surface area contributed by atoms with E-state index in [9.17, 15) is 9.59 Å². The van der Waals surface area contributed by atoms with Crippen molar-refractivity contribution in [2.75, 3.05) is 5.32 Å². The van der Waals surface area contributed by atoms with E-state index in [-0.39, 0.29) is 11.7 Å². The van der Waals surface area contributed by atoms with Crippen molar-refractivity contribution in [1.29, 1.82) is 0 Å². The third kappa shape index (κ3) is 3.22. The molecule has 0 radical (unpaired) electrons. The quantitative estimate of drug-likeness (QED) is 0.495. The second-order valence-corrected chi connectivity index (χ2v) is 6.90. The van der Waals surface area contributed by atoms with Gasteiger partial charge in [-0.15, -0.1) is 0 Å². The lowest BCUT2D eigenvalue weighted by atomic mass is 10.1. The number of nitrogens with zero attached hydrogens (tertiary/aromatic N) is 1. The number of hydrogen-bond donors (Lipinski definition) is 3. The molecule has 7 nitrogen and oxygen atoms in total. The Bertz CT molecular complexity index is 1250. The molecule has 0 fully saturated rings. The number of ether oxygens (including phenoxy) is 1. The monoisotopic (exact) mass is 376 g/mol. The predicted molar refractivity (Wildman–Crippen MR) is 110 cm³/mol. The zero-order valence-electron chi connectivity index (χ0n) is 15.8. The van der Waals surface area contributed by atoms with Gasteiger partial charge in [0, 0.05) is 16.6 Å². The van der Waals surface area contributed by atoms with Crippen LogP contribution < -0.4 is 10.9 Å². The number of carbonyl (C=O) groups is 1. The van der Waals surface area contributed by atoms with Gasteiger partial charge in [0.15, 0.2) is 5.69 Å². The van der Waals surface area contributed by atoms with Crippen molar-refractivity contribution in [3.05, 3.63) is 58.4 Å². The topological polar surface area (TPSA) is 99.9 Å². The molecule has 4 rings (SSSR count). The van der Waals surface area contributed by atoms with Crippen LogP contribution in [0, 0.1) is 6.92 Å². The molecule has 142 valence electrons. The SMILES string of the molecule is Cc1c(-c2nc3ccccc3[nH]c2=O)[nH]c2ccc(NC(=O)OC(C)C)cc12.